The number of furan rings is 1. The minimum atomic E-state index is -2.37. The summed E-state index contributed by atoms with van der Waals surface area (Å²) in [6.45, 7) is 0. The maximum Gasteiger partial charge on any atom is 0.347 e. The Labute approximate surface area is 136 Å². The van der Waals surface area contributed by atoms with Gasteiger partial charge in [0.05, 0.1) is 18.2 Å². The first-order chi connectivity index (χ1) is 10.5. The molecule has 0 radical (unpaired) electrons. The number of benzene rings is 1. The molecule has 0 unspecified atom stereocenters. The van der Waals surface area contributed by atoms with Crippen molar-refractivity contribution in [2.75, 3.05) is 7.11 Å². The van der Waals surface area contributed by atoms with Crippen molar-refractivity contribution in [2.24, 2.45) is 0 Å². The molecule has 0 saturated heterocycles. The van der Waals surface area contributed by atoms with Crippen molar-refractivity contribution in [1.29, 1.82) is 0 Å². The SMILES string of the molecule is COC(=O)[C@@](O)(C(=O)c1ccco1)[C@@H](Br)Cc1ccccc1. The molecular formula is C16H15BrO5. The highest BCUT2D eigenvalue weighted by Gasteiger charge is 2.52. The van der Waals surface area contributed by atoms with Crippen LogP contribution in [0.3, 0.4) is 0 Å². The molecule has 5 nitrogen and oxygen atoms in total. The van der Waals surface area contributed by atoms with E-state index in [2.05, 4.69) is 20.7 Å². The Morgan fingerprint density at radius 1 is 1.27 bits per heavy atom. The van der Waals surface area contributed by atoms with Crippen LogP contribution in [0.15, 0.2) is 53.1 Å². The Morgan fingerprint density at radius 3 is 2.50 bits per heavy atom. The van der Waals surface area contributed by atoms with Crippen LogP contribution in [-0.2, 0) is 16.0 Å². The summed E-state index contributed by atoms with van der Waals surface area (Å²) in [5, 5.41) is 10.7. The van der Waals surface area contributed by atoms with Gasteiger partial charge in [-0.25, -0.2) is 4.79 Å². The van der Waals surface area contributed by atoms with E-state index in [0.29, 0.717) is 0 Å². The number of rotatable bonds is 6. The second-order valence-corrected chi connectivity index (χ2v) is 5.83. The normalized spacial score (nSPS) is 14.9. The number of alkyl halides is 1. The maximum absolute atomic E-state index is 12.5. The molecule has 1 aromatic carbocycles. The Balaban J connectivity index is 2.32. The van der Waals surface area contributed by atoms with Gasteiger partial charge in [-0.05, 0) is 24.1 Å². The van der Waals surface area contributed by atoms with Crippen molar-refractivity contribution in [1.82, 2.24) is 0 Å². The van der Waals surface area contributed by atoms with Gasteiger partial charge in [-0.15, -0.1) is 0 Å². The topological polar surface area (TPSA) is 76.7 Å². The second-order valence-electron chi connectivity index (χ2n) is 4.72. The molecule has 1 aromatic heterocycles. The third kappa shape index (κ3) is 3.13. The summed E-state index contributed by atoms with van der Waals surface area (Å²) in [6.07, 6.45) is 1.56. The van der Waals surface area contributed by atoms with Gasteiger partial charge in [0, 0.05) is 0 Å². The molecule has 1 heterocycles. The average molecular weight is 367 g/mol. The highest BCUT2D eigenvalue weighted by Crippen LogP contribution is 2.28. The Kier molecular flexibility index (Phi) is 5.15. The summed E-state index contributed by atoms with van der Waals surface area (Å²) in [7, 11) is 1.12. The molecule has 0 aliphatic carbocycles. The molecule has 1 N–H and O–H groups in total. The molecule has 0 saturated carbocycles. The van der Waals surface area contributed by atoms with Gasteiger partial charge in [0.1, 0.15) is 0 Å². The van der Waals surface area contributed by atoms with Crippen molar-refractivity contribution in [2.45, 2.75) is 16.8 Å². The van der Waals surface area contributed by atoms with Crippen molar-refractivity contribution in [3.05, 3.63) is 60.1 Å². The molecule has 2 aromatic rings. The van der Waals surface area contributed by atoms with E-state index in [4.69, 9.17) is 4.42 Å². The standard InChI is InChI=1S/C16H15BrO5/c1-21-15(19)16(20,14(18)12-8-5-9-22-12)13(17)10-11-6-3-2-4-7-11/h2-9,13,20H,10H2,1H3/t13-,16-/m0/s1. The molecular weight excluding hydrogens is 352 g/mol. The zero-order valence-corrected chi connectivity index (χ0v) is 13.4. The summed E-state index contributed by atoms with van der Waals surface area (Å²) in [5.41, 5.74) is -1.51. The second kappa shape index (κ2) is 6.89. The predicted octanol–water partition coefficient (Wildman–Crippen LogP) is 2.37. The average Bonchev–Trinajstić information content (AvgIpc) is 3.07. The number of carbonyl (C=O) groups excluding carboxylic acids is 2. The van der Waals surface area contributed by atoms with Crippen LogP contribution >= 0.6 is 15.9 Å². The molecule has 0 bridgehead atoms. The number of ether oxygens (including phenoxy) is 1. The van der Waals surface area contributed by atoms with Gasteiger partial charge in [0.25, 0.3) is 0 Å². The van der Waals surface area contributed by atoms with Crippen LogP contribution < -0.4 is 0 Å². The highest BCUT2D eigenvalue weighted by molar-refractivity contribution is 9.09. The van der Waals surface area contributed by atoms with E-state index >= 15 is 0 Å². The van der Waals surface area contributed by atoms with E-state index in [1.807, 2.05) is 30.3 Å². The molecule has 2 atom stereocenters. The van der Waals surface area contributed by atoms with E-state index < -0.39 is 22.2 Å². The number of carbonyl (C=O) groups is 2. The van der Waals surface area contributed by atoms with Gasteiger partial charge in [-0.1, -0.05) is 46.3 Å². The summed E-state index contributed by atoms with van der Waals surface area (Å²) in [4.78, 5) is 23.7. The maximum atomic E-state index is 12.5. The van der Waals surface area contributed by atoms with Crippen LogP contribution in [0.4, 0.5) is 0 Å². The molecule has 0 aliphatic heterocycles. The number of methoxy groups -OCH3 is 1. The van der Waals surface area contributed by atoms with Crippen LogP contribution in [-0.4, -0.2) is 34.4 Å². The van der Waals surface area contributed by atoms with Gasteiger partial charge in [0.15, 0.2) is 5.76 Å². The van der Waals surface area contributed by atoms with E-state index in [1.165, 1.54) is 18.4 Å². The number of aliphatic hydroxyl groups is 1. The summed E-state index contributed by atoms with van der Waals surface area (Å²) in [5.74, 6) is -1.99. The van der Waals surface area contributed by atoms with Gasteiger partial charge >= 0.3 is 5.97 Å². The minimum Gasteiger partial charge on any atom is -0.466 e. The largest absolute Gasteiger partial charge is 0.466 e. The lowest BCUT2D eigenvalue weighted by molar-refractivity contribution is -0.157. The highest BCUT2D eigenvalue weighted by atomic mass is 79.9. The van der Waals surface area contributed by atoms with E-state index in [0.717, 1.165) is 12.7 Å². The van der Waals surface area contributed by atoms with Crippen LogP contribution in [0.5, 0.6) is 0 Å². The Morgan fingerprint density at radius 2 is 1.95 bits per heavy atom. The smallest absolute Gasteiger partial charge is 0.347 e. The van der Waals surface area contributed by atoms with Gasteiger partial charge in [-0.3, -0.25) is 4.79 Å². The van der Waals surface area contributed by atoms with Crippen LogP contribution in [0.1, 0.15) is 16.1 Å². The van der Waals surface area contributed by atoms with Gasteiger partial charge in [-0.2, -0.15) is 0 Å². The Bertz CT molecular complexity index is 638. The van der Waals surface area contributed by atoms with Gasteiger partial charge in [0.2, 0.25) is 11.4 Å². The monoisotopic (exact) mass is 366 g/mol. The summed E-state index contributed by atoms with van der Waals surface area (Å²) in [6, 6.07) is 12.1. The first-order valence-electron chi connectivity index (χ1n) is 6.57. The minimum absolute atomic E-state index is 0.106. The van der Waals surface area contributed by atoms with Crippen molar-refractivity contribution in [3.63, 3.8) is 0 Å². The third-order valence-electron chi connectivity index (χ3n) is 3.30. The molecule has 0 amide bonds. The van der Waals surface area contributed by atoms with Crippen LogP contribution in [0, 0.1) is 0 Å². The van der Waals surface area contributed by atoms with E-state index in [1.54, 1.807) is 0 Å². The van der Waals surface area contributed by atoms with Crippen LogP contribution in [0.25, 0.3) is 0 Å². The third-order valence-corrected chi connectivity index (χ3v) is 4.29. The number of halogens is 1. The number of Topliss-reactive ketones (excluding diaryl/α,β-unsaturated/α-hetero) is 1. The fraction of sp³-hybridized carbons (Fsp3) is 0.250. The summed E-state index contributed by atoms with van der Waals surface area (Å²) >= 11 is 3.25. The summed E-state index contributed by atoms with van der Waals surface area (Å²) < 4.78 is 9.61. The molecule has 2 rings (SSSR count). The molecule has 116 valence electrons. The van der Waals surface area contributed by atoms with E-state index in [-0.39, 0.29) is 12.2 Å². The number of hydrogen-bond acceptors (Lipinski definition) is 5. The fourth-order valence-electron chi connectivity index (χ4n) is 2.08. The molecule has 22 heavy (non-hydrogen) atoms. The van der Waals surface area contributed by atoms with Crippen LogP contribution in [0.2, 0.25) is 0 Å². The lowest BCUT2D eigenvalue weighted by atomic mass is 9.89. The zero-order chi connectivity index (χ0) is 16.2. The number of hydrogen-bond donors (Lipinski definition) is 1. The van der Waals surface area contributed by atoms with Crippen molar-refractivity contribution >= 4 is 27.7 Å². The number of esters is 1. The lowest BCUT2D eigenvalue weighted by Gasteiger charge is -2.28. The molecule has 6 heteroatoms. The van der Waals surface area contributed by atoms with Crippen molar-refractivity contribution < 1.29 is 23.8 Å². The lowest BCUT2D eigenvalue weighted by Crippen LogP contribution is -2.55. The first kappa shape index (κ1) is 16.5. The van der Waals surface area contributed by atoms with E-state index in [9.17, 15) is 14.7 Å². The number of ketones is 1. The molecule has 0 fully saturated rings. The molecule has 0 spiro atoms. The zero-order valence-electron chi connectivity index (χ0n) is 11.9. The fourth-order valence-corrected chi connectivity index (χ4v) is 2.85. The molecule has 0 aliphatic rings. The Hall–Kier alpha value is -1.92. The quantitative estimate of drug-likeness (QED) is 0.367. The first-order valence-corrected chi connectivity index (χ1v) is 7.48. The van der Waals surface area contributed by atoms with Crippen molar-refractivity contribution in [3.8, 4) is 0 Å². The van der Waals surface area contributed by atoms with Gasteiger partial charge < -0.3 is 14.3 Å². The predicted molar refractivity (Wildman–Crippen MR) is 82.9 cm³/mol.